The molecule has 1 aromatic heterocycles. The van der Waals surface area contributed by atoms with Crippen molar-refractivity contribution in [3.8, 4) is 28.3 Å². The Balaban J connectivity index is 1.39. The Kier molecular flexibility index (Phi) is 9.31. The first kappa shape index (κ1) is 26.8. The Labute approximate surface area is 228 Å². The maximum absolute atomic E-state index is 12.1. The van der Waals surface area contributed by atoms with Gasteiger partial charge in [-0.15, -0.1) is 0 Å². The Morgan fingerprint density at radius 3 is 2.19 bits per heavy atom. The highest BCUT2D eigenvalue weighted by Gasteiger charge is 2.19. The third-order valence-electron chi connectivity index (χ3n) is 5.96. The second-order valence-corrected chi connectivity index (χ2v) is 10.4. The Bertz CT molecular complexity index is 1320. The number of imidazole rings is 1. The summed E-state index contributed by atoms with van der Waals surface area (Å²) in [6.45, 7) is 7.74. The van der Waals surface area contributed by atoms with E-state index in [-0.39, 0.29) is 12.5 Å². The molecule has 4 aromatic rings. The summed E-state index contributed by atoms with van der Waals surface area (Å²) in [6.07, 6.45) is 0.827. The van der Waals surface area contributed by atoms with E-state index in [1.54, 1.807) is 36.0 Å². The van der Waals surface area contributed by atoms with E-state index in [4.69, 9.17) is 21.3 Å². The second-order valence-electron chi connectivity index (χ2n) is 8.86. The number of hydrogen-bond donors (Lipinski definition) is 1. The number of aryl methyl sites for hydroxylation is 2. The minimum atomic E-state index is -0.140. The lowest BCUT2D eigenvalue weighted by Gasteiger charge is -2.11. The molecule has 0 spiro atoms. The smallest absolute Gasteiger partial charge is 0.257 e. The molecular formula is C30H32ClN3O2S. The Hall–Kier alpha value is -3.22. The Morgan fingerprint density at radius 2 is 1.57 bits per heavy atom. The molecule has 0 bridgehead atoms. The molecule has 37 heavy (non-hydrogen) atoms. The number of halogens is 1. The molecule has 5 nitrogen and oxygen atoms in total. The van der Waals surface area contributed by atoms with E-state index in [2.05, 4.69) is 79.2 Å². The fraction of sp³-hybridized carbons (Fsp3) is 0.267. The fourth-order valence-corrected chi connectivity index (χ4v) is 5.08. The number of nitrogens with zero attached hydrogens (tertiary/aromatic N) is 2. The van der Waals surface area contributed by atoms with Crippen LogP contribution in [0.5, 0.6) is 5.75 Å². The van der Waals surface area contributed by atoms with Gasteiger partial charge in [0.05, 0.1) is 11.4 Å². The first-order chi connectivity index (χ1) is 17.9. The lowest BCUT2D eigenvalue weighted by atomic mass is 10.0. The summed E-state index contributed by atoms with van der Waals surface area (Å²) in [5.74, 6) is 1.32. The number of ether oxygens (including phenoxy) is 1. The van der Waals surface area contributed by atoms with Gasteiger partial charge in [-0.1, -0.05) is 83.0 Å². The molecule has 0 atom stereocenters. The first-order valence-corrected chi connectivity index (χ1v) is 13.8. The van der Waals surface area contributed by atoms with E-state index in [0.717, 1.165) is 46.4 Å². The second kappa shape index (κ2) is 12.8. The van der Waals surface area contributed by atoms with Gasteiger partial charge in [0.25, 0.3) is 5.91 Å². The number of nitrogens with one attached hydrogen (secondary N) is 1. The van der Waals surface area contributed by atoms with Crippen molar-refractivity contribution in [2.45, 2.75) is 38.9 Å². The number of carbonyl (C=O) groups is 1. The van der Waals surface area contributed by atoms with Gasteiger partial charge in [-0.2, -0.15) is 0 Å². The summed E-state index contributed by atoms with van der Waals surface area (Å²) in [7, 11) is 0. The van der Waals surface area contributed by atoms with Crippen molar-refractivity contribution in [2.24, 2.45) is 0 Å². The molecule has 0 unspecified atom stereocenters. The Morgan fingerprint density at radius 1 is 0.946 bits per heavy atom. The van der Waals surface area contributed by atoms with Crippen molar-refractivity contribution in [3.05, 3.63) is 88.9 Å². The normalized spacial score (nSPS) is 10.9. The summed E-state index contributed by atoms with van der Waals surface area (Å²) in [4.78, 5) is 17.2. The van der Waals surface area contributed by atoms with Crippen LogP contribution in [0.4, 0.5) is 0 Å². The zero-order valence-corrected chi connectivity index (χ0v) is 23.0. The van der Waals surface area contributed by atoms with Gasteiger partial charge in [-0.25, -0.2) is 4.98 Å². The van der Waals surface area contributed by atoms with Crippen molar-refractivity contribution in [1.82, 2.24) is 14.9 Å². The topological polar surface area (TPSA) is 56.2 Å². The van der Waals surface area contributed by atoms with Gasteiger partial charge in [0.15, 0.2) is 11.8 Å². The van der Waals surface area contributed by atoms with Crippen molar-refractivity contribution >= 4 is 29.3 Å². The summed E-state index contributed by atoms with van der Waals surface area (Å²) in [5, 5.41) is 4.55. The minimum absolute atomic E-state index is 0.0190. The van der Waals surface area contributed by atoms with E-state index in [1.165, 1.54) is 11.1 Å². The molecule has 1 heterocycles. The van der Waals surface area contributed by atoms with Gasteiger partial charge >= 0.3 is 0 Å². The van der Waals surface area contributed by atoms with Crippen LogP contribution in [0.2, 0.25) is 5.02 Å². The highest BCUT2D eigenvalue weighted by molar-refractivity contribution is 7.99. The third kappa shape index (κ3) is 7.18. The lowest BCUT2D eigenvalue weighted by Crippen LogP contribution is -2.29. The quantitative estimate of drug-likeness (QED) is 0.164. The summed E-state index contributed by atoms with van der Waals surface area (Å²) >= 11 is 7.60. The van der Waals surface area contributed by atoms with Gasteiger partial charge in [0.1, 0.15) is 5.75 Å². The lowest BCUT2D eigenvalue weighted by molar-refractivity contribution is -0.123. The number of rotatable bonds is 11. The SMILES string of the molecule is CCn1c(SCCCNC(=O)COc2ccc(Cl)cc2)nc(-c2ccc(C)cc2)c1-c1ccc(C)cc1. The number of thioether (sulfide) groups is 1. The predicted molar refractivity (Wildman–Crippen MR) is 154 cm³/mol. The van der Waals surface area contributed by atoms with E-state index >= 15 is 0 Å². The monoisotopic (exact) mass is 533 g/mol. The standard InChI is InChI=1S/C30H32ClN3O2S/c1-4-34-29(24-12-8-22(3)9-13-24)28(23-10-6-21(2)7-11-23)33-30(34)37-19-5-18-32-27(35)20-36-26-16-14-25(31)15-17-26/h6-17H,4-5,18-20H2,1-3H3,(H,32,35). The highest BCUT2D eigenvalue weighted by atomic mass is 35.5. The molecule has 4 rings (SSSR count). The van der Waals surface area contributed by atoms with Gasteiger partial charge in [-0.05, 0) is 51.5 Å². The van der Waals surface area contributed by atoms with E-state index in [0.29, 0.717) is 17.3 Å². The summed E-state index contributed by atoms with van der Waals surface area (Å²) in [6, 6.07) is 24.2. The van der Waals surface area contributed by atoms with Crippen molar-refractivity contribution in [3.63, 3.8) is 0 Å². The minimum Gasteiger partial charge on any atom is -0.484 e. The molecule has 0 aliphatic carbocycles. The zero-order valence-electron chi connectivity index (χ0n) is 21.5. The molecule has 0 aliphatic heterocycles. The average molecular weight is 534 g/mol. The van der Waals surface area contributed by atoms with Gasteiger partial charge in [0.2, 0.25) is 0 Å². The molecular weight excluding hydrogens is 502 g/mol. The van der Waals surface area contributed by atoms with E-state index in [1.807, 2.05) is 0 Å². The van der Waals surface area contributed by atoms with Crippen molar-refractivity contribution in [1.29, 1.82) is 0 Å². The number of hydrogen-bond acceptors (Lipinski definition) is 4. The van der Waals surface area contributed by atoms with Crippen molar-refractivity contribution in [2.75, 3.05) is 18.9 Å². The maximum atomic E-state index is 12.1. The number of carbonyl (C=O) groups excluding carboxylic acids is 1. The third-order valence-corrected chi connectivity index (χ3v) is 7.27. The van der Waals surface area contributed by atoms with Gasteiger partial charge < -0.3 is 14.6 Å². The number of amides is 1. The first-order valence-electron chi connectivity index (χ1n) is 12.5. The molecule has 3 aromatic carbocycles. The van der Waals surface area contributed by atoms with Crippen LogP contribution >= 0.6 is 23.4 Å². The molecule has 0 saturated heterocycles. The van der Waals surface area contributed by atoms with Crippen LogP contribution in [0.15, 0.2) is 78.0 Å². The fourth-order valence-electron chi connectivity index (χ4n) is 3.95. The van der Waals surface area contributed by atoms with Crippen LogP contribution in [0, 0.1) is 13.8 Å². The average Bonchev–Trinajstić information content (AvgIpc) is 3.27. The van der Waals surface area contributed by atoms with Crippen LogP contribution < -0.4 is 10.1 Å². The predicted octanol–water partition coefficient (Wildman–Crippen LogP) is 7.18. The molecule has 1 amide bonds. The van der Waals surface area contributed by atoms with Gasteiger partial charge in [0, 0.05) is 35.0 Å². The van der Waals surface area contributed by atoms with E-state index < -0.39 is 0 Å². The van der Waals surface area contributed by atoms with E-state index in [9.17, 15) is 4.79 Å². The molecule has 0 radical (unpaired) electrons. The molecule has 7 heteroatoms. The maximum Gasteiger partial charge on any atom is 0.257 e. The molecule has 1 N–H and O–H groups in total. The van der Waals surface area contributed by atoms with Crippen molar-refractivity contribution < 1.29 is 9.53 Å². The molecule has 192 valence electrons. The highest BCUT2D eigenvalue weighted by Crippen LogP contribution is 2.36. The van der Waals surface area contributed by atoms with Gasteiger partial charge in [-0.3, -0.25) is 4.79 Å². The van der Waals surface area contributed by atoms with Crippen LogP contribution in [0.1, 0.15) is 24.5 Å². The molecule has 0 aliphatic rings. The summed E-state index contributed by atoms with van der Waals surface area (Å²) < 4.78 is 7.80. The van der Waals surface area contributed by atoms with Crippen LogP contribution in [-0.4, -0.2) is 34.4 Å². The number of benzene rings is 3. The molecule has 0 saturated carbocycles. The van der Waals surface area contributed by atoms with Crippen LogP contribution in [-0.2, 0) is 11.3 Å². The largest absolute Gasteiger partial charge is 0.484 e. The summed E-state index contributed by atoms with van der Waals surface area (Å²) in [5.41, 5.74) is 6.88. The zero-order chi connectivity index (χ0) is 26.2. The van der Waals surface area contributed by atoms with Crippen LogP contribution in [0.3, 0.4) is 0 Å². The number of aromatic nitrogens is 2. The molecule has 0 fully saturated rings. The van der Waals surface area contributed by atoms with Crippen LogP contribution in [0.25, 0.3) is 22.5 Å².